The predicted octanol–water partition coefficient (Wildman–Crippen LogP) is 1.76. The summed E-state index contributed by atoms with van der Waals surface area (Å²) >= 11 is 0. The normalized spacial score (nSPS) is 34.4. The second-order valence-electron chi connectivity index (χ2n) is 6.85. The number of hydrogen-bond acceptors (Lipinski definition) is 5. The molecule has 3 aliphatic rings. The minimum atomic E-state index is -1.28. The lowest BCUT2D eigenvalue weighted by molar-refractivity contribution is -0.191. The summed E-state index contributed by atoms with van der Waals surface area (Å²) in [5, 5.41) is 33.2. The molecule has 128 valence electrons. The highest BCUT2D eigenvalue weighted by atomic mass is 16.7. The van der Waals surface area contributed by atoms with Gasteiger partial charge >= 0.3 is 0 Å². The number of benzene rings is 2. The van der Waals surface area contributed by atoms with Crippen molar-refractivity contribution in [2.45, 2.75) is 24.1 Å². The van der Waals surface area contributed by atoms with E-state index in [0.717, 1.165) is 10.8 Å². The zero-order valence-corrected chi connectivity index (χ0v) is 13.3. The van der Waals surface area contributed by atoms with Crippen LogP contribution in [0.1, 0.15) is 0 Å². The molecule has 2 aromatic rings. The van der Waals surface area contributed by atoms with E-state index in [4.69, 9.17) is 9.47 Å². The first-order valence-electron chi connectivity index (χ1n) is 8.41. The van der Waals surface area contributed by atoms with Crippen molar-refractivity contribution in [1.29, 1.82) is 0 Å². The van der Waals surface area contributed by atoms with E-state index < -0.39 is 35.9 Å². The molecule has 2 aromatic carbocycles. The maximum atomic E-state index is 10.6. The van der Waals surface area contributed by atoms with Crippen LogP contribution >= 0.6 is 0 Å². The molecule has 0 aromatic heterocycles. The second-order valence-corrected chi connectivity index (χ2v) is 6.85. The molecule has 0 unspecified atom stereocenters. The van der Waals surface area contributed by atoms with Crippen molar-refractivity contribution >= 4 is 10.8 Å². The van der Waals surface area contributed by atoms with Gasteiger partial charge in [-0.2, -0.15) is 0 Å². The summed E-state index contributed by atoms with van der Waals surface area (Å²) in [7, 11) is 0. The molecule has 0 saturated heterocycles. The van der Waals surface area contributed by atoms with Gasteiger partial charge in [-0.3, -0.25) is 0 Å². The molecule has 3 N–H and O–H groups in total. The molecule has 2 aliphatic carbocycles. The van der Waals surface area contributed by atoms with Crippen LogP contribution in [0.4, 0.5) is 0 Å². The van der Waals surface area contributed by atoms with Crippen LogP contribution in [0.25, 0.3) is 10.8 Å². The molecule has 1 spiro atoms. The summed E-state index contributed by atoms with van der Waals surface area (Å²) in [6.45, 7) is 0. The molecular formula is C20H18O5. The highest BCUT2D eigenvalue weighted by Gasteiger charge is 2.57. The zero-order chi connectivity index (χ0) is 17.2. The molecule has 5 atom stereocenters. The number of fused-ring (bicyclic) bond motifs is 2. The van der Waals surface area contributed by atoms with Crippen molar-refractivity contribution in [3.05, 3.63) is 60.7 Å². The molecule has 0 bridgehead atoms. The Morgan fingerprint density at radius 3 is 2.04 bits per heavy atom. The maximum absolute atomic E-state index is 10.6. The van der Waals surface area contributed by atoms with Gasteiger partial charge in [0, 0.05) is 5.92 Å². The molecule has 5 heteroatoms. The Morgan fingerprint density at radius 2 is 1.36 bits per heavy atom. The minimum Gasteiger partial charge on any atom is -0.448 e. The van der Waals surface area contributed by atoms with Gasteiger partial charge in [0.15, 0.2) is 0 Å². The molecule has 5 rings (SSSR count). The van der Waals surface area contributed by atoms with E-state index in [0.29, 0.717) is 11.5 Å². The van der Waals surface area contributed by atoms with E-state index >= 15 is 0 Å². The third-order valence-electron chi connectivity index (χ3n) is 5.43. The standard InChI is InChI=1S/C20H18O5/c21-12-7-8-14(23)19-18(12)13(22)9-10-20(19)24-15-5-1-3-11-4-2-6-16(25-20)17(11)15/h1-10,12-14,18-19,21-23H/t12-,13-,14+,18-,19+/m0/s1. The van der Waals surface area contributed by atoms with Crippen molar-refractivity contribution in [1.82, 2.24) is 0 Å². The summed E-state index contributed by atoms with van der Waals surface area (Å²) < 4.78 is 12.5. The fourth-order valence-electron chi connectivity index (χ4n) is 4.32. The van der Waals surface area contributed by atoms with Crippen molar-refractivity contribution in [3.63, 3.8) is 0 Å². The molecular weight excluding hydrogens is 320 g/mol. The predicted molar refractivity (Wildman–Crippen MR) is 91.2 cm³/mol. The van der Waals surface area contributed by atoms with Crippen molar-refractivity contribution in [2.24, 2.45) is 11.8 Å². The van der Waals surface area contributed by atoms with E-state index in [1.54, 1.807) is 12.2 Å². The van der Waals surface area contributed by atoms with Crippen LogP contribution in [0.2, 0.25) is 0 Å². The lowest BCUT2D eigenvalue weighted by atomic mass is 9.68. The number of ether oxygens (including phenoxy) is 2. The van der Waals surface area contributed by atoms with Gasteiger partial charge < -0.3 is 24.8 Å². The summed E-state index contributed by atoms with van der Waals surface area (Å²) in [5.41, 5.74) is 0. The Labute approximate surface area is 144 Å². The number of aliphatic hydroxyl groups is 3. The first-order valence-corrected chi connectivity index (χ1v) is 8.41. The minimum absolute atomic E-state index is 0.616. The molecule has 0 fully saturated rings. The van der Waals surface area contributed by atoms with Crippen LogP contribution in [0.3, 0.4) is 0 Å². The van der Waals surface area contributed by atoms with Gasteiger partial charge in [0.05, 0.1) is 29.6 Å². The van der Waals surface area contributed by atoms with E-state index in [2.05, 4.69) is 0 Å². The van der Waals surface area contributed by atoms with E-state index in [-0.39, 0.29) is 0 Å². The lowest BCUT2D eigenvalue weighted by Crippen LogP contribution is -2.62. The summed E-state index contributed by atoms with van der Waals surface area (Å²) in [6, 6.07) is 11.5. The molecule has 25 heavy (non-hydrogen) atoms. The fraction of sp³-hybridized carbons (Fsp3) is 0.300. The molecule has 0 amide bonds. The highest BCUT2D eigenvalue weighted by Crippen LogP contribution is 2.50. The Morgan fingerprint density at radius 1 is 0.760 bits per heavy atom. The third kappa shape index (κ3) is 2.00. The van der Waals surface area contributed by atoms with Gasteiger partial charge in [-0.15, -0.1) is 0 Å². The fourth-order valence-corrected chi connectivity index (χ4v) is 4.32. The number of hydrogen-bond donors (Lipinski definition) is 3. The van der Waals surface area contributed by atoms with Crippen molar-refractivity contribution in [3.8, 4) is 11.5 Å². The Hall–Kier alpha value is -2.34. The summed E-state index contributed by atoms with van der Waals surface area (Å²) in [5.74, 6) is -1.21. The van der Waals surface area contributed by atoms with Crippen LogP contribution < -0.4 is 9.47 Å². The van der Waals surface area contributed by atoms with E-state index in [1.165, 1.54) is 12.2 Å². The van der Waals surface area contributed by atoms with Crippen molar-refractivity contribution < 1.29 is 24.8 Å². The average Bonchev–Trinajstić information content (AvgIpc) is 2.61. The van der Waals surface area contributed by atoms with Crippen LogP contribution in [0, 0.1) is 11.8 Å². The summed E-state index contributed by atoms with van der Waals surface area (Å²) in [4.78, 5) is 0. The van der Waals surface area contributed by atoms with Crippen LogP contribution in [-0.4, -0.2) is 39.4 Å². The zero-order valence-electron chi connectivity index (χ0n) is 13.3. The first kappa shape index (κ1) is 15.0. The van der Waals surface area contributed by atoms with Gasteiger partial charge in [-0.25, -0.2) is 0 Å². The quantitative estimate of drug-likeness (QED) is 0.638. The third-order valence-corrected chi connectivity index (χ3v) is 5.43. The first-order chi connectivity index (χ1) is 12.1. The summed E-state index contributed by atoms with van der Waals surface area (Å²) in [6.07, 6.45) is 3.60. The number of rotatable bonds is 0. The van der Waals surface area contributed by atoms with Gasteiger partial charge in [-0.05, 0) is 23.6 Å². The monoisotopic (exact) mass is 338 g/mol. The molecule has 0 radical (unpaired) electrons. The van der Waals surface area contributed by atoms with Crippen molar-refractivity contribution in [2.75, 3.05) is 0 Å². The lowest BCUT2D eigenvalue weighted by Gasteiger charge is -2.50. The van der Waals surface area contributed by atoms with E-state index in [9.17, 15) is 15.3 Å². The van der Waals surface area contributed by atoms with Crippen LogP contribution in [0.5, 0.6) is 11.5 Å². The molecule has 0 saturated carbocycles. The Bertz CT molecular complexity index is 861. The number of aliphatic hydroxyl groups excluding tert-OH is 3. The smallest absolute Gasteiger partial charge is 0.277 e. The van der Waals surface area contributed by atoms with Crippen LogP contribution in [0.15, 0.2) is 60.7 Å². The van der Waals surface area contributed by atoms with Gasteiger partial charge in [-0.1, -0.05) is 42.5 Å². The van der Waals surface area contributed by atoms with Gasteiger partial charge in [0.1, 0.15) is 11.5 Å². The maximum Gasteiger partial charge on any atom is 0.277 e. The molecule has 5 nitrogen and oxygen atoms in total. The van der Waals surface area contributed by atoms with Gasteiger partial charge in [0.2, 0.25) is 0 Å². The second kappa shape index (κ2) is 5.08. The van der Waals surface area contributed by atoms with E-state index in [1.807, 2.05) is 36.4 Å². The SMILES string of the molecule is O[C@@H]1C=C[C@H](O)[C@@H]2[C@@H]1C1(C=C[C@@H]2O)Oc2cccc3cccc(c23)O1. The molecule has 1 heterocycles. The Kier molecular flexibility index (Phi) is 3.04. The van der Waals surface area contributed by atoms with Crippen LogP contribution in [-0.2, 0) is 0 Å². The largest absolute Gasteiger partial charge is 0.448 e. The Balaban J connectivity index is 1.69. The highest BCUT2D eigenvalue weighted by molar-refractivity contribution is 5.94. The average molecular weight is 338 g/mol. The topological polar surface area (TPSA) is 79.2 Å². The van der Waals surface area contributed by atoms with Gasteiger partial charge in [0.25, 0.3) is 5.79 Å². The molecule has 1 aliphatic heterocycles.